The molecule has 0 bridgehead atoms. The van der Waals surface area contributed by atoms with Crippen molar-refractivity contribution >= 4 is 5.91 Å². The molecule has 11 heteroatoms. The molecular weight excluding hydrogens is 391 g/mol. The molecule has 0 atom stereocenters. The van der Waals surface area contributed by atoms with Gasteiger partial charge in [-0.15, -0.1) is 0 Å². The highest BCUT2D eigenvalue weighted by Gasteiger charge is 2.29. The monoisotopic (exact) mass is 406 g/mol. The fourth-order valence-electron chi connectivity index (χ4n) is 2.12. The second kappa shape index (κ2) is 9.20. The largest absolute Gasteiger partial charge is 0.493 e. The molecule has 2 rings (SSSR count). The highest BCUT2D eigenvalue weighted by atomic mass is 19.4. The number of hydrogen-bond donors (Lipinski definition) is 1. The third-order valence-electron chi connectivity index (χ3n) is 3.29. The van der Waals surface area contributed by atoms with E-state index < -0.39 is 31.2 Å². The highest BCUT2D eigenvalue weighted by Crippen LogP contribution is 2.29. The Morgan fingerprint density at radius 2 is 1.96 bits per heavy atom. The second-order valence-corrected chi connectivity index (χ2v) is 5.31. The summed E-state index contributed by atoms with van der Waals surface area (Å²) < 4.78 is 75.4. The van der Waals surface area contributed by atoms with Gasteiger partial charge in [0.15, 0.2) is 18.1 Å². The SMILES string of the molecule is COc1cc(CNC(=O)c2cccnc2OCC(F)(F)F)ccc1OC(F)F. The van der Waals surface area contributed by atoms with E-state index in [4.69, 9.17) is 4.74 Å². The number of halogens is 5. The minimum atomic E-state index is -4.58. The molecule has 0 aliphatic rings. The third kappa shape index (κ3) is 6.25. The first-order valence-electron chi connectivity index (χ1n) is 7.74. The summed E-state index contributed by atoms with van der Waals surface area (Å²) >= 11 is 0. The highest BCUT2D eigenvalue weighted by molar-refractivity contribution is 5.96. The van der Waals surface area contributed by atoms with Gasteiger partial charge in [0, 0.05) is 12.7 Å². The van der Waals surface area contributed by atoms with Crippen molar-refractivity contribution in [3.63, 3.8) is 0 Å². The molecule has 0 fully saturated rings. The summed E-state index contributed by atoms with van der Waals surface area (Å²) in [6, 6.07) is 6.67. The van der Waals surface area contributed by atoms with Gasteiger partial charge in [-0.05, 0) is 29.8 Å². The number of carbonyl (C=O) groups is 1. The Balaban J connectivity index is 2.06. The molecule has 0 saturated heterocycles. The number of methoxy groups -OCH3 is 1. The average Bonchev–Trinajstić information content (AvgIpc) is 2.64. The van der Waals surface area contributed by atoms with Gasteiger partial charge in [0.2, 0.25) is 5.88 Å². The van der Waals surface area contributed by atoms with E-state index in [2.05, 4.69) is 19.8 Å². The van der Waals surface area contributed by atoms with Crippen LogP contribution < -0.4 is 19.5 Å². The van der Waals surface area contributed by atoms with Crippen LogP contribution in [0.5, 0.6) is 17.4 Å². The normalized spacial score (nSPS) is 11.2. The predicted octanol–water partition coefficient (Wildman–Crippen LogP) is 3.56. The number of hydrogen-bond acceptors (Lipinski definition) is 5. The predicted molar refractivity (Wildman–Crippen MR) is 86.6 cm³/mol. The first kappa shape index (κ1) is 21.2. The number of alkyl halides is 5. The number of aromatic nitrogens is 1. The molecule has 1 amide bonds. The lowest BCUT2D eigenvalue weighted by Gasteiger charge is -2.13. The van der Waals surface area contributed by atoms with E-state index in [0.717, 1.165) is 0 Å². The summed E-state index contributed by atoms with van der Waals surface area (Å²) in [5, 5.41) is 2.48. The van der Waals surface area contributed by atoms with Crippen LogP contribution in [0.15, 0.2) is 36.5 Å². The van der Waals surface area contributed by atoms with Gasteiger partial charge in [-0.3, -0.25) is 4.79 Å². The van der Waals surface area contributed by atoms with Gasteiger partial charge < -0.3 is 19.5 Å². The van der Waals surface area contributed by atoms with Crippen molar-refractivity contribution < 1.29 is 41.0 Å². The number of ether oxygens (including phenoxy) is 3. The number of benzene rings is 1. The van der Waals surface area contributed by atoms with Crippen LogP contribution in [0.1, 0.15) is 15.9 Å². The molecule has 0 unspecified atom stereocenters. The van der Waals surface area contributed by atoms with Gasteiger partial charge in [-0.1, -0.05) is 6.07 Å². The van der Waals surface area contributed by atoms with Crippen LogP contribution in [0.25, 0.3) is 0 Å². The number of nitrogens with zero attached hydrogens (tertiary/aromatic N) is 1. The number of pyridine rings is 1. The van der Waals surface area contributed by atoms with Crippen molar-refractivity contribution in [1.29, 1.82) is 0 Å². The van der Waals surface area contributed by atoms with E-state index in [1.807, 2.05) is 0 Å². The van der Waals surface area contributed by atoms with Crippen LogP contribution in [0.4, 0.5) is 22.0 Å². The fourth-order valence-corrected chi connectivity index (χ4v) is 2.12. The van der Waals surface area contributed by atoms with E-state index in [-0.39, 0.29) is 23.6 Å². The number of carbonyl (C=O) groups excluding carboxylic acids is 1. The Labute approximate surface area is 156 Å². The van der Waals surface area contributed by atoms with Gasteiger partial charge in [-0.25, -0.2) is 4.98 Å². The van der Waals surface area contributed by atoms with Crippen LogP contribution >= 0.6 is 0 Å². The molecule has 0 radical (unpaired) electrons. The van der Waals surface area contributed by atoms with Crippen molar-refractivity contribution in [2.45, 2.75) is 19.3 Å². The molecule has 0 aliphatic carbocycles. The van der Waals surface area contributed by atoms with E-state index in [0.29, 0.717) is 5.56 Å². The lowest BCUT2D eigenvalue weighted by molar-refractivity contribution is -0.154. The van der Waals surface area contributed by atoms with Crippen LogP contribution in [-0.4, -0.2) is 37.4 Å². The summed E-state index contributed by atoms with van der Waals surface area (Å²) in [6.45, 7) is -4.68. The lowest BCUT2D eigenvalue weighted by atomic mass is 10.2. The summed E-state index contributed by atoms with van der Waals surface area (Å²) in [7, 11) is 1.26. The van der Waals surface area contributed by atoms with Crippen LogP contribution in [-0.2, 0) is 6.54 Å². The zero-order valence-electron chi connectivity index (χ0n) is 14.4. The molecule has 2 aromatic rings. The first-order valence-corrected chi connectivity index (χ1v) is 7.74. The van der Waals surface area contributed by atoms with Crippen molar-refractivity contribution in [2.75, 3.05) is 13.7 Å². The van der Waals surface area contributed by atoms with Gasteiger partial charge in [0.25, 0.3) is 5.91 Å². The molecule has 1 aromatic carbocycles. The molecule has 1 aromatic heterocycles. The topological polar surface area (TPSA) is 69.7 Å². The van der Waals surface area contributed by atoms with Crippen LogP contribution in [0.2, 0.25) is 0 Å². The number of amides is 1. The summed E-state index contributed by atoms with van der Waals surface area (Å²) in [4.78, 5) is 15.9. The average molecular weight is 406 g/mol. The molecule has 0 saturated carbocycles. The summed E-state index contributed by atoms with van der Waals surface area (Å²) in [5.74, 6) is -1.34. The first-order chi connectivity index (χ1) is 13.2. The van der Waals surface area contributed by atoms with Gasteiger partial charge in [0.1, 0.15) is 5.56 Å². The third-order valence-corrected chi connectivity index (χ3v) is 3.29. The van der Waals surface area contributed by atoms with Crippen molar-refractivity contribution in [3.8, 4) is 17.4 Å². The summed E-state index contributed by atoms with van der Waals surface area (Å²) in [6.07, 6.45) is -3.39. The molecule has 0 spiro atoms. The Hall–Kier alpha value is -3.11. The molecular formula is C17H15F5N2O4. The van der Waals surface area contributed by atoms with Gasteiger partial charge >= 0.3 is 12.8 Å². The quantitative estimate of drug-likeness (QED) is 0.679. The molecule has 6 nitrogen and oxygen atoms in total. The van der Waals surface area contributed by atoms with E-state index in [1.165, 1.54) is 43.6 Å². The van der Waals surface area contributed by atoms with Crippen molar-refractivity contribution in [3.05, 3.63) is 47.7 Å². The van der Waals surface area contributed by atoms with Crippen molar-refractivity contribution in [1.82, 2.24) is 10.3 Å². The molecule has 0 aliphatic heterocycles. The van der Waals surface area contributed by atoms with Gasteiger partial charge in [0.05, 0.1) is 7.11 Å². The molecule has 1 heterocycles. The lowest BCUT2D eigenvalue weighted by Crippen LogP contribution is -2.25. The zero-order valence-corrected chi connectivity index (χ0v) is 14.4. The van der Waals surface area contributed by atoms with Crippen LogP contribution in [0.3, 0.4) is 0 Å². The fraction of sp³-hybridized carbons (Fsp3) is 0.294. The maximum atomic E-state index is 12.3. The van der Waals surface area contributed by atoms with Gasteiger partial charge in [-0.2, -0.15) is 22.0 Å². The van der Waals surface area contributed by atoms with E-state index in [1.54, 1.807) is 0 Å². The number of nitrogens with one attached hydrogen (secondary N) is 1. The molecule has 1 N–H and O–H groups in total. The second-order valence-electron chi connectivity index (χ2n) is 5.31. The maximum absolute atomic E-state index is 12.3. The Morgan fingerprint density at radius 1 is 1.21 bits per heavy atom. The Bertz CT molecular complexity index is 814. The maximum Gasteiger partial charge on any atom is 0.422 e. The zero-order chi connectivity index (χ0) is 20.7. The van der Waals surface area contributed by atoms with Crippen molar-refractivity contribution in [2.24, 2.45) is 0 Å². The van der Waals surface area contributed by atoms with Crippen LogP contribution in [0, 0.1) is 0 Å². The minimum absolute atomic E-state index is 0.0302. The summed E-state index contributed by atoms with van der Waals surface area (Å²) in [5.41, 5.74) is 0.296. The number of rotatable bonds is 8. The standard InChI is InChI=1S/C17H15F5N2O4/c1-26-13-7-10(4-5-12(13)28-16(18)19)8-24-14(25)11-3-2-6-23-15(11)27-9-17(20,21)22/h2-7,16H,8-9H2,1H3,(H,24,25). The molecule has 152 valence electrons. The Kier molecular flexibility index (Phi) is 6.96. The minimum Gasteiger partial charge on any atom is -0.493 e. The van der Waals surface area contributed by atoms with E-state index in [9.17, 15) is 26.7 Å². The Morgan fingerprint density at radius 3 is 2.61 bits per heavy atom. The molecule has 28 heavy (non-hydrogen) atoms. The smallest absolute Gasteiger partial charge is 0.422 e. The van der Waals surface area contributed by atoms with E-state index >= 15 is 0 Å².